The molecular formula is C22H24ClN5OS. The van der Waals surface area contributed by atoms with Crippen LogP contribution in [0.1, 0.15) is 24.0 Å². The van der Waals surface area contributed by atoms with Crippen molar-refractivity contribution in [2.75, 3.05) is 29.1 Å². The minimum absolute atomic E-state index is 0.0722. The summed E-state index contributed by atoms with van der Waals surface area (Å²) in [6.45, 7) is 5.95. The van der Waals surface area contributed by atoms with Crippen LogP contribution in [0, 0.1) is 13.8 Å². The molecule has 0 spiro atoms. The Bertz CT molecular complexity index is 1060. The first-order valence-electron chi connectivity index (χ1n) is 9.98. The summed E-state index contributed by atoms with van der Waals surface area (Å²) >= 11 is 7.61. The van der Waals surface area contributed by atoms with Gasteiger partial charge in [0.05, 0.1) is 11.4 Å². The van der Waals surface area contributed by atoms with E-state index >= 15 is 0 Å². The highest BCUT2D eigenvalue weighted by molar-refractivity contribution is 7.99. The Labute approximate surface area is 185 Å². The van der Waals surface area contributed by atoms with Gasteiger partial charge >= 0.3 is 0 Å². The van der Waals surface area contributed by atoms with Crippen molar-refractivity contribution in [3.05, 3.63) is 58.6 Å². The lowest BCUT2D eigenvalue weighted by molar-refractivity contribution is -0.113. The Hall–Kier alpha value is -2.51. The Balaban J connectivity index is 1.55. The lowest BCUT2D eigenvalue weighted by atomic mass is 10.1. The molecule has 3 aromatic rings. The molecule has 0 bridgehead atoms. The van der Waals surface area contributed by atoms with E-state index in [9.17, 15) is 4.79 Å². The van der Waals surface area contributed by atoms with Crippen LogP contribution in [0.2, 0.25) is 5.02 Å². The van der Waals surface area contributed by atoms with Gasteiger partial charge in [-0.05, 0) is 62.1 Å². The van der Waals surface area contributed by atoms with Gasteiger partial charge in [-0.15, -0.1) is 10.2 Å². The normalized spacial score (nSPS) is 13.6. The maximum atomic E-state index is 12.6. The number of carbonyl (C=O) groups is 1. The first-order valence-corrected chi connectivity index (χ1v) is 11.3. The molecule has 1 fully saturated rings. The molecule has 2 aromatic carbocycles. The fourth-order valence-corrected chi connectivity index (χ4v) is 4.45. The van der Waals surface area contributed by atoms with Crippen molar-refractivity contribution < 1.29 is 4.79 Å². The number of hydrogen-bond donors (Lipinski definition) is 1. The number of halogens is 1. The molecule has 1 aromatic heterocycles. The molecule has 0 atom stereocenters. The number of rotatable bonds is 6. The molecule has 8 heteroatoms. The van der Waals surface area contributed by atoms with Gasteiger partial charge in [-0.1, -0.05) is 41.6 Å². The number of nitrogens with zero attached hydrogens (tertiary/aromatic N) is 4. The highest BCUT2D eigenvalue weighted by Gasteiger charge is 2.23. The van der Waals surface area contributed by atoms with Gasteiger partial charge in [-0.3, -0.25) is 9.36 Å². The van der Waals surface area contributed by atoms with Crippen molar-refractivity contribution in [1.29, 1.82) is 0 Å². The Morgan fingerprint density at radius 1 is 1.13 bits per heavy atom. The molecule has 0 saturated carbocycles. The second-order valence-corrected chi connectivity index (χ2v) is 8.76. The van der Waals surface area contributed by atoms with E-state index in [2.05, 4.69) is 20.4 Å². The van der Waals surface area contributed by atoms with Gasteiger partial charge in [0.2, 0.25) is 11.9 Å². The SMILES string of the molecule is Cc1cccc(NC(=O)CSc2nnc(N3CCCC3)n2-c2cccc(Cl)c2)c1C. The lowest BCUT2D eigenvalue weighted by Gasteiger charge is -2.18. The van der Waals surface area contributed by atoms with Crippen LogP contribution in [0.25, 0.3) is 5.69 Å². The minimum atomic E-state index is -0.0722. The summed E-state index contributed by atoms with van der Waals surface area (Å²) in [5.41, 5.74) is 3.96. The van der Waals surface area contributed by atoms with Crippen LogP contribution >= 0.6 is 23.4 Å². The monoisotopic (exact) mass is 441 g/mol. The number of benzene rings is 2. The molecule has 4 rings (SSSR count). The molecule has 0 radical (unpaired) electrons. The molecule has 30 heavy (non-hydrogen) atoms. The molecule has 1 aliphatic rings. The smallest absolute Gasteiger partial charge is 0.234 e. The van der Waals surface area contributed by atoms with Crippen molar-refractivity contribution >= 4 is 40.9 Å². The minimum Gasteiger partial charge on any atom is -0.341 e. The summed E-state index contributed by atoms with van der Waals surface area (Å²) in [5.74, 6) is 0.968. The van der Waals surface area contributed by atoms with Crippen LogP contribution in [0.15, 0.2) is 47.6 Å². The molecule has 2 heterocycles. The van der Waals surface area contributed by atoms with Gasteiger partial charge in [0.25, 0.3) is 0 Å². The van der Waals surface area contributed by atoms with E-state index in [4.69, 9.17) is 11.6 Å². The summed E-state index contributed by atoms with van der Waals surface area (Å²) < 4.78 is 1.99. The molecule has 156 valence electrons. The van der Waals surface area contributed by atoms with E-state index in [1.165, 1.54) is 11.8 Å². The van der Waals surface area contributed by atoms with Crippen molar-refractivity contribution in [1.82, 2.24) is 14.8 Å². The third-order valence-corrected chi connectivity index (χ3v) is 6.45. The molecule has 1 N–H and O–H groups in total. The van der Waals surface area contributed by atoms with Gasteiger partial charge in [0.1, 0.15) is 0 Å². The fourth-order valence-electron chi connectivity index (χ4n) is 3.52. The number of thioether (sulfide) groups is 1. The third kappa shape index (κ3) is 4.47. The van der Waals surface area contributed by atoms with E-state index in [-0.39, 0.29) is 11.7 Å². The summed E-state index contributed by atoms with van der Waals surface area (Å²) in [4.78, 5) is 14.8. The van der Waals surface area contributed by atoms with Crippen molar-refractivity contribution in [2.24, 2.45) is 0 Å². The summed E-state index contributed by atoms with van der Waals surface area (Å²) in [6.07, 6.45) is 2.28. The summed E-state index contributed by atoms with van der Waals surface area (Å²) in [7, 11) is 0. The van der Waals surface area contributed by atoms with Crippen LogP contribution < -0.4 is 10.2 Å². The Kier molecular flexibility index (Phi) is 6.29. The first kappa shape index (κ1) is 20.8. The standard InChI is InChI=1S/C22H24ClN5OS/c1-15-7-5-10-19(16(15)2)24-20(29)14-30-22-26-25-21(27-11-3-4-12-27)28(22)18-9-6-8-17(23)13-18/h5-10,13H,3-4,11-12,14H2,1-2H3,(H,24,29). The van der Waals surface area contributed by atoms with Crippen LogP contribution in [0.3, 0.4) is 0 Å². The summed E-state index contributed by atoms with van der Waals surface area (Å²) in [5, 5.41) is 13.2. The van der Waals surface area contributed by atoms with Crippen molar-refractivity contribution in [3.8, 4) is 5.69 Å². The van der Waals surface area contributed by atoms with Crippen LogP contribution in [0.5, 0.6) is 0 Å². The number of hydrogen-bond acceptors (Lipinski definition) is 5. The number of carbonyl (C=O) groups excluding carboxylic acids is 1. The van der Waals surface area contributed by atoms with E-state index in [0.29, 0.717) is 10.2 Å². The zero-order chi connectivity index (χ0) is 21.1. The summed E-state index contributed by atoms with van der Waals surface area (Å²) in [6, 6.07) is 13.5. The van der Waals surface area contributed by atoms with Crippen LogP contribution in [0.4, 0.5) is 11.6 Å². The highest BCUT2D eigenvalue weighted by atomic mass is 35.5. The molecule has 1 saturated heterocycles. The third-order valence-electron chi connectivity index (χ3n) is 5.28. The molecule has 1 aliphatic heterocycles. The van der Waals surface area contributed by atoms with Gasteiger partial charge in [-0.25, -0.2) is 0 Å². The molecular weight excluding hydrogens is 418 g/mol. The van der Waals surface area contributed by atoms with E-state index in [0.717, 1.165) is 54.4 Å². The maximum Gasteiger partial charge on any atom is 0.234 e. The Morgan fingerprint density at radius 3 is 2.67 bits per heavy atom. The first-order chi connectivity index (χ1) is 14.5. The predicted molar refractivity (Wildman–Crippen MR) is 123 cm³/mol. The van der Waals surface area contributed by atoms with Gasteiger partial charge in [0.15, 0.2) is 5.16 Å². The van der Waals surface area contributed by atoms with Gasteiger partial charge in [0, 0.05) is 23.8 Å². The van der Waals surface area contributed by atoms with E-state index in [1.54, 1.807) is 0 Å². The molecule has 0 aliphatic carbocycles. The number of amides is 1. The number of nitrogens with one attached hydrogen (secondary N) is 1. The Morgan fingerprint density at radius 2 is 1.90 bits per heavy atom. The second kappa shape index (κ2) is 9.10. The quantitative estimate of drug-likeness (QED) is 0.553. The molecule has 0 unspecified atom stereocenters. The number of aryl methyl sites for hydroxylation is 1. The average Bonchev–Trinajstić information content (AvgIpc) is 3.39. The second-order valence-electron chi connectivity index (χ2n) is 7.38. The maximum absolute atomic E-state index is 12.6. The predicted octanol–water partition coefficient (Wildman–Crippen LogP) is 4.87. The van der Waals surface area contributed by atoms with Gasteiger partial charge in [-0.2, -0.15) is 0 Å². The zero-order valence-electron chi connectivity index (χ0n) is 17.1. The highest BCUT2D eigenvalue weighted by Crippen LogP contribution is 2.30. The van der Waals surface area contributed by atoms with Crippen LogP contribution in [-0.2, 0) is 4.79 Å². The van der Waals surface area contributed by atoms with Crippen LogP contribution in [-0.4, -0.2) is 39.5 Å². The average molecular weight is 442 g/mol. The van der Waals surface area contributed by atoms with E-state index in [1.807, 2.05) is 60.9 Å². The molecule has 6 nitrogen and oxygen atoms in total. The van der Waals surface area contributed by atoms with E-state index < -0.39 is 0 Å². The van der Waals surface area contributed by atoms with Crippen molar-refractivity contribution in [2.45, 2.75) is 31.8 Å². The number of aromatic nitrogens is 3. The number of anilines is 2. The molecule has 1 amide bonds. The van der Waals surface area contributed by atoms with Crippen molar-refractivity contribution in [3.63, 3.8) is 0 Å². The zero-order valence-corrected chi connectivity index (χ0v) is 18.6. The topological polar surface area (TPSA) is 63.1 Å². The fraction of sp³-hybridized carbons (Fsp3) is 0.318. The van der Waals surface area contributed by atoms with Gasteiger partial charge < -0.3 is 10.2 Å². The lowest BCUT2D eigenvalue weighted by Crippen LogP contribution is -2.22. The largest absolute Gasteiger partial charge is 0.341 e.